The average Bonchev–Trinajstić information content (AvgIpc) is 2.35. The predicted molar refractivity (Wildman–Crippen MR) is 58.7 cm³/mol. The molecule has 0 bridgehead atoms. The zero-order valence-corrected chi connectivity index (χ0v) is 9.16. The van der Waals surface area contributed by atoms with E-state index < -0.39 is 0 Å². The minimum atomic E-state index is -0.374. The monoisotopic (exact) mass is 237 g/mol. The van der Waals surface area contributed by atoms with Crippen LogP contribution in [0.5, 0.6) is 5.75 Å². The summed E-state index contributed by atoms with van der Waals surface area (Å²) < 4.78 is 23.7. The number of carbonyl (C=O) groups excluding carboxylic acids is 1. The SMILES string of the molecule is C=CC(=O)NCc1cc(F)cc2c1OCOC2. The number of hydrogen-bond acceptors (Lipinski definition) is 3. The van der Waals surface area contributed by atoms with Crippen molar-refractivity contribution in [2.24, 2.45) is 0 Å². The van der Waals surface area contributed by atoms with Crippen molar-refractivity contribution in [2.45, 2.75) is 13.2 Å². The molecule has 0 aliphatic carbocycles. The van der Waals surface area contributed by atoms with Crippen molar-refractivity contribution in [3.63, 3.8) is 0 Å². The third-order valence-electron chi connectivity index (χ3n) is 2.39. The van der Waals surface area contributed by atoms with Crippen molar-refractivity contribution in [1.29, 1.82) is 0 Å². The Bertz CT molecular complexity index is 459. The second-order valence-electron chi connectivity index (χ2n) is 3.59. The van der Waals surface area contributed by atoms with E-state index in [-0.39, 0.29) is 25.1 Å². The lowest BCUT2D eigenvalue weighted by molar-refractivity contribution is -0.116. The van der Waals surface area contributed by atoms with Gasteiger partial charge in [0.25, 0.3) is 0 Å². The Labute approximate surface area is 98.0 Å². The van der Waals surface area contributed by atoms with E-state index in [4.69, 9.17) is 9.47 Å². The highest BCUT2D eigenvalue weighted by atomic mass is 19.1. The van der Waals surface area contributed by atoms with Gasteiger partial charge >= 0.3 is 0 Å². The van der Waals surface area contributed by atoms with Crippen LogP contribution in [0.3, 0.4) is 0 Å². The van der Waals surface area contributed by atoms with Gasteiger partial charge in [-0.1, -0.05) is 6.58 Å². The van der Waals surface area contributed by atoms with Crippen LogP contribution in [0, 0.1) is 5.82 Å². The molecule has 1 aliphatic rings. The first-order valence-corrected chi connectivity index (χ1v) is 5.13. The number of benzene rings is 1. The number of carbonyl (C=O) groups is 1. The molecular weight excluding hydrogens is 225 g/mol. The van der Waals surface area contributed by atoms with Crippen molar-refractivity contribution in [3.05, 3.63) is 41.7 Å². The summed E-state index contributed by atoms with van der Waals surface area (Å²) in [5.74, 6) is -0.0993. The molecule has 1 aliphatic heterocycles. The fraction of sp³-hybridized carbons (Fsp3) is 0.250. The lowest BCUT2D eigenvalue weighted by Gasteiger charge is -2.20. The third kappa shape index (κ3) is 2.62. The molecule has 4 nitrogen and oxygen atoms in total. The predicted octanol–water partition coefficient (Wildman–Crippen LogP) is 1.49. The first-order chi connectivity index (χ1) is 8.20. The van der Waals surface area contributed by atoms with Crippen molar-refractivity contribution < 1.29 is 18.7 Å². The number of halogens is 1. The Hall–Kier alpha value is -1.88. The molecular formula is C12H12FNO3. The lowest BCUT2D eigenvalue weighted by atomic mass is 10.1. The molecule has 0 aromatic heterocycles. The maximum atomic E-state index is 13.3. The molecule has 0 saturated heterocycles. The minimum Gasteiger partial charge on any atom is -0.467 e. The van der Waals surface area contributed by atoms with Crippen LogP contribution in [0.15, 0.2) is 24.8 Å². The molecule has 5 heteroatoms. The average molecular weight is 237 g/mol. The molecule has 1 N–H and O–H groups in total. The van der Waals surface area contributed by atoms with E-state index in [2.05, 4.69) is 11.9 Å². The lowest BCUT2D eigenvalue weighted by Crippen LogP contribution is -2.22. The van der Waals surface area contributed by atoms with Gasteiger partial charge in [-0.3, -0.25) is 4.79 Å². The largest absolute Gasteiger partial charge is 0.467 e. The van der Waals surface area contributed by atoms with E-state index >= 15 is 0 Å². The van der Waals surface area contributed by atoms with Crippen LogP contribution in [-0.2, 0) is 22.7 Å². The Morgan fingerprint density at radius 1 is 1.59 bits per heavy atom. The highest BCUT2D eigenvalue weighted by Crippen LogP contribution is 2.29. The molecule has 0 radical (unpaired) electrons. The van der Waals surface area contributed by atoms with Gasteiger partial charge in [-0.25, -0.2) is 4.39 Å². The van der Waals surface area contributed by atoms with E-state index in [0.717, 1.165) is 6.08 Å². The fourth-order valence-corrected chi connectivity index (χ4v) is 1.64. The molecule has 1 aromatic rings. The minimum absolute atomic E-state index is 0.140. The van der Waals surface area contributed by atoms with Crippen LogP contribution in [-0.4, -0.2) is 12.7 Å². The highest BCUT2D eigenvalue weighted by Gasteiger charge is 2.16. The van der Waals surface area contributed by atoms with Crippen LogP contribution < -0.4 is 10.1 Å². The second kappa shape index (κ2) is 4.97. The van der Waals surface area contributed by atoms with Gasteiger partial charge in [-0.05, 0) is 18.2 Å². The molecule has 0 atom stereocenters. The van der Waals surface area contributed by atoms with Crippen molar-refractivity contribution in [3.8, 4) is 5.75 Å². The summed E-state index contributed by atoms with van der Waals surface area (Å²) in [5, 5.41) is 2.58. The number of fused-ring (bicyclic) bond motifs is 1. The summed E-state index contributed by atoms with van der Waals surface area (Å²) in [4.78, 5) is 11.0. The van der Waals surface area contributed by atoms with Gasteiger partial charge in [0.05, 0.1) is 6.61 Å². The van der Waals surface area contributed by atoms with E-state index in [0.29, 0.717) is 23.5 Å². The highest BCUT2D eigenvalue weighted by molar-refractivity contribution is 5.86. The molecule has 2 rings (SSSR count). The zero-order valence-electron chi connectivity index (χ0n) is 9.16. The molecule has 1 aromatic carbocycles. The van der Waals surface area contributed by atoms with Crippen LogP contribution in [0.1, 0.15) is 11.1 Å². The quantitative estimate of drug-likeness (QED) is 0.810. The van der Waals surface area contributed by atoms with E-state index in [9.17, 15) is 9.18 Å². The standard InChI is InChI=1S/C12H12FNO3/c1-2-11(15)14-5-8-3-10(13)4-9-6-16-7-17-12(8)9/h2-4H,1,5-7H2,(H,14,15). The van der Waals surface area contributed by atoms with Crippen LogP contribution in [0.25, 0.3) is 0 Å². The molecule has 0 fully saturated rings. The maximum Gasteiger partial charge on any atom is 0.243 e. The molecule has 0 spiro atoms. The summed E-state index contributed by atoms with van der Waals surface area (Å²) in [7, 11) is 0. The number of hydrogen-bond donors (Lipinski definition) is 1. The van der Waals surface area contributed by atoms with Gasteiger partial charge in [0.1, 0.15) is 11.6 Å². The van der Waals surface area contributed by atoms with Gasteiger partial charge in [-0.15, -0.1) is 0 Å². The summed E-state index contributed by atoms with van der Waals surface area (Å²) in [6.07, 6.45) is 1.16. The molecule has 0 saturated carbocycles. The fourth-order valence-electron chi connectivity index (χ4n) is 1.64. The van der Waals surface area contributed by atoms with Crippen LogP contribution >= 0.6 is 0 Å². The number of rotatable bonds is 3. The number of nitrogens with one attached hydrogen (secondary N) is 1. The van der Waals surface area contributed by atoms with Crippen LogP contribution in [0.4, 0.5) is 4.39 Å². The molecule has 1 amide bonds. The molecule has 1 heterocycles. The number of amides is 1. The van der Waals surface area contributed by atoms with Gasteiger partial charge in [0.15, 0.2) is 6.79 Å². The first kappa shape index (κ1) is 11.6. The van der Waals surface area contributed by atoms with E-state index in [1.165, 1.54) is 12.1 Å². The summed E-state index contributed by atoms with van der Waals surface area (Å²) >= 11 is 0. The smallest absolute Gasteiger partial charge is 0.243 e. The molecule has 17 heavy (non-hydrogen) atoms. The van der Waals surface area contributed by atoms with Crippen LogP contribution in [0.2, 0.25) is 0 Å². The van der Waals surface area contributed by atoms with E-state index in [1.54, 1.807) is 0 Å². The van der Waals surface area contributed by atoms with E-state index in [1.807, 2.05) is 0 Å². The Kier molecular flexibility index (Phi) is 3.39. The number of ether oxygens (including phenoxy) is 2. The van der Waals surface area contributed by atoms with Crippen molar-refractivity contribution in [1.82, 2.24) is 5.32 Å². The Morgan fingerprint density at radius 3 is 3.18 bits per heavy atom. The van der Waals surface area contributed by atoms with Gasteiger partial charge in [0, 0.05) is 17.7 Å². The van der Waals surface area contributed by atoms with Gasteiger partial charge < -0.3 is 14.8 Å². The summed E-state index contributed by atoms with van der Waals surface area (Å²) in [6.45, 7) is 3.99. The van der Waals surface area contributed by atoms with Gasteiger partial charge in [-0.2, -0.15) is 0 Å². The normalized spacial score (nSPS) is 13.5. The first-order valence-electron chi connectivity index (χ1n) is 5.13. The molecule has 90 valence electrons. The molecule has 0 unspecified atom stereocenters. The topological polar surface area (TPSA) is 47.6 Å². The van der Waals surface area contributed by atoms with Crippen molar-refractivity contribution >= 4 is 5.91 Å². The third-order valence-corrected chi connectivity index (χ3v) is 2.39. The Morgan fingerprint density at radius 2 is 2.41 bits per heavy atom. The summed E-state index contributed by atoms with van der Waals surface area (Å²) in [5.41, 5.74) is 1.25. The van der Waals surface area contributed by atoms with Crippen molar-refractivity contribution in [2.75, 3.05) is 6.79 Å². The zero-order chi connectivity index (χ0) is 12.3. The summed E-state index contributed by atoms with van der Waals surface area (Å²) in [6, 6.07) is 2.71. The second-order valence-corrected chi connectivity index (χ2v) is 3.59. The Balaban J connectivity index is 2.23. The van der Waals surface area contributed by atoms with Gasteiger partial charge in [0.2, 0.25) is 5.91 Å². The maximum absolute atomic E-state index is 13.3.